The quantitative estimate of drug-likeness (QED) is 0.792. The Morgan fingerprint density at radius 1 is 1.18 bits per heavy atom. The lowest BCUT2D eigenvalue weighted by Gasteiger charge is -2.32. The molecular formula is C13H20N2O2. The maximum absolute atomic E-state index is 12.4. The highest BCUT2D eigenvalue weighted by Crippen LogP contribution is 2.35. The molecule has 0 aromatic heterocycles. The van der Waals surface area contributed by atoms with Crippen LogP contribution in [0, 0.1) is 11.8 Å². The molecule has 1 heterocycles. The molecule has 2 saturated carbocycles. The van der Waals surface area contributed by atoms with Crippen LogP contribution in [0.4, 0.5) is 0 Å². The third kappa shape index (κ3) is 2.31. The molecule has 0 aromatic rings. The number of carbonyl (C=O) groups is 2. The largest absolute Gasteiger partial charge is 0.344 e. The zero-order valence-corrected chi connectivity index (χ0v) is 10.2. The van der Waals surface area contributed by atoms with Gasteiger partial charge in [-0.25, -0.2) is 0 Å². The van der Waals surface area contributed by atoms with Gasteiger partial charge in [0.1, 0.15) is 6.04 Å². The van der Waals surface area contributed by atoms with Crippen molar-refractivity contribution in [1.29, 1.82) is 0 Å². The summed E-state index contributed by atoms with van der Waals surface area (Å²) in [6.07, 6.45) is 6.46. The van der Waals surface area contributed by atoms with E-state index in [1.165, 1.54) is 19.3 Å². The minimum atomic E-state index is -0.218. The van der Waals surface area contributed by atoms with Gasteiger partial charge in [0.05, 0.1) is 0 Å². The third-order valence-corrected chi connectivity index (χ3v) is 4.30. The summed E-state index contributed by atoms with van der Waals surface area (Å²) >= 11 is 0. The highest BCUT2D eigenvalue weighted by molar-refractivity contribution is 5.90. The Bertz CT molecular complexity index is 334. The summed E-state index contributed by atoms with van der Waals surface area (Å²) < 4.78 is 0. The van der Waals surface area contributed by atoms with Gasteiger partial charge >= 0.3 is 0 Å². The number of hydrogen-bond donors (Lipinski definition) is 1. The smallest absolute Gasteiger partial charge is 0.245 e. The van der Waals surface area contributed by atoms with E-state index in [1.54, 1.807) is 0 Å². The molecule has 17 heavy (non-hydrogen) atoms. The van der Waals surface area contributed by atoms with Crippen molar-refractivity contribution in [1.82, 2.24) is 10.2 Å². The molecule has 3 aliphatic rings. The van der Waals surface area contributed by atoms with Crippen LogP contribution in [0.1, 0.15) is 38.5 Å². The first-order valence-corrected chi connectivity index (χ1v) is 6.82. The molecule has 1 unspecified atom stereocenters. The molecule has 2 amide bonds. The van der Waals surface area contributed by atoms with Crippen LogP contribution in [-0.2, 0) is 9.59 Å². The van der Waals surface area contributed by atoms with E-state index in [1.807, 2.05) is 4.90 Å². The van der Waals surface area contributed by atoms with Crippen molar-refractivity contribution in [3.05, 3.63) is 0 Å². The molecule has 1 aliphatic heterocycles. The van der Waals surface area contributed by atoms with Crippen LogP contribution in [0.25, 0.3) is 0 Å². The van der Waals surface area contributed by atoms with E-state index < -0.39 is 0 Å². The second-order valence-electron chi connectivity index (χ2n) is 5.71. The molecular weight excluding hydrogens is 216 g/mol. The van der Waals surface area contributed by atoms with Crippen molar-refractivity contribution in [2.45, 2.75) is 44.6 Å². The lowest BCUT2D eigenvalue weighted by molar-refractivity contribution is -0.135. The molecule has 1 atom stereocenters. The predicted octanol–water partition coefficient (Wildman–Crippen LogP) is 0.914. The van der Waals surface area contributed by atoms with Crippen LogP contribution in [-0.4, -0.2) is 35.8 Å². The summed E-state index contributed by atoms with van der Waals surface area (Å²) in [5, 5.41) is 2.90. The van der Waals surface area contributed by atoms with E-state index in [0.717, 1.165) is 19.4 Å². The molecule has 0 bridgehead atoms. The summed E-state index contributed by atoms with van der Waals surface area (Å²) in [6, 6.07) is -0.218. The lowest BCUT2D eigenvalue weighted by Crippen LogP contribution is -2.47. The first-order chi connectivity index (χ1) is 8.24. The van der Waals surface area contributed by atoms with Gasteiger partial charge in [0, 0.05) is 19.5 Å². The van der Waals surface area contributed by atoms with Crippen LogP contribution in [0.3, 0.4) is 0 Å². The van der Waals surface area contributed by atoms with E-state index >= 15 is 0 Å². The molecule has 4 nitrogen and oxygen atoms in total. The van der Waals surface area contributed by atoms with Gasteiger partial charge in [0.2, 0.25) is 11.8 Å². The van der Waals surface area contributed by atoms with Crippen molar-refractivity contribution in [2.24, 2.45) is 11.8 Å². The average molecular weight is 236 g/mol. The molecule has 94 valence electrons. The van der Waals surface area contributed by atoms with Crippen LogP contribution in [0.5, 0.6) is 0 Å². The normalized spacial score (nSPS) is 30.8. The lowest BCUT2D eigenvalue weighted by atomic mass is 9.85. The van der Waals surface area contributed by atoms with E-state index in [2.05, 4.69) is 5.32 Å². The number of hydrogen-bond acceptors (Lipinski definition) is 2. The highest BCUT2D eigenvalue weighted by atomic mass is 16.2. The van der Waals surface area contributed by atoms with Gasteiger partial charge in [-0.05, 0) is 37.5 Å². The molecule has 0 radical (unpaired) electrons. The van der Waals surface area contributed by atoms with Crippen molar-refractivity contribution in [3.8, 4) is 0 Å². The van der Waals surface area contributed by atoms with Gasteiger partial charge in [0.25, 0.3) is 0 Å². The Balaban J connectivity index is 1.68. The Kier molecular flexibility index (Phi) is 2.81. The van der Waals surface area contributed by atoms with Crippen LogP contribution in [0.15, 0.2) is 0 Å². The summed E-state index contributed by atoms with van der Waals surface area (Å²) in [7, 11) is 0. The maximum Gasteiger partial charge on any atom is 0.245 e. The first kappa shape index (κ1) is 11.1. The van der Waals surface area contributed by atoms with Crippen LogP contribution < -0.4 is 5.32 Å². The van der Waals surface area contributed by atoms with Crippen molar-refractivity contribution >= 4 is 11.8 Å². The van der Waals surface area contributed by atoms with Crippen LogP contribution >= 0.6 is 0 Å². The van der Waals surface area contributed by atoms with Gasteiger partial charge in [-0.3, -0.25) is 9.59 Å². The minimum absolute atomic E-state index is 0.0476. The molecule has 4 heteroatoms. The Labute approximate surface area is 102 Å². The zero-order valence-electron chi connectivity index (χ0n) is 10.2. The fourth-order valence-corrected chi connectivity index (χ4v) is 2.77. The van der Waals surface area contributed by atoms with Crippen molar-refractivity contribution < 1.29 is 9.59 Å². The minimum Gasteiger partial charge on any atom is -0.344 e. The number of rotatable bonds is 3. The molecule has 0 aromatic carbocycles. The SMILES string of the molecule is O=C1CCN(CC2CCC2)C(=O)C(C2CC2)N1. The second-order valence-corrected chi connectivity index (χ2v) is 5.71. The highest BCUT2D eigenvalue weighted by Gasteiger charge is 2.41. The van der Waals surface area contributed by atoms with Crippen molar-refractivity contribution in [3.63, 3.8) is 0 Å². The predicted molar refractivity (Wildman–Crippen MR) is 63.2 cm³/mol. The fourth-order valence-electron chi connectivity index (χ4n) is 2.77. The number of carbonyl (C=O) groups excluding carboxylic acids is 2. The summed E-state index contributed by atoms with van der Waals surface area (Å²) in [6.45, 7) is 1.49. The standard InChI is InChI=1S/C13H20N2O2/c16-11-6-7-15(8-9-2-1-3-9)13(17)12(14-11)10-4-5-10/h9-10,12H,1-8H2,(H,14,16). The second kappa shape index (κ2) is 4.31. The van der Waals surface area contributed by atoms with Gasteiger partial charge in [-0.2, -0.15) is 0 Å². The number of amides is 2. The maximum atomic E-state index is 12.4. The summed E-state index contributed by atoms with van der Waals surface area (Å²) in [5.41, 5.74) is 0. The van der Waals surface area contributed by atoms with E-state index in [4.69, 9.17) is 0 Å². The van der Waals surface area contributed by atoms with Crippen LogP contribution in [0.2, 0.25) is 0 Å². The fraction of sp³-hybridized carbons (Fsp3) is 0.846. The van der Waals surface area contributed by atoms with Gasteiger partial charge in [-0.15, -0.1) is 0 Å². The Morgan fingerprint density at radius 2 is 1.94 bits per heavy atom. The Morgan fingerprint density at radius 3 is 2.53 bits per heavy atom. The van der Waals surface area contributed by atoms with E-state index in [9.17, 15) is 9.59 Å². The topological polar surface area (TPSA) is 49.4 Å². The molecule has 1 N–H and O–H groups in total. The number of nitrogens with zero attached hydrogens (tertiary/aromatic N) is 1. The van der Waals surface area contributed by atoms with E-state index in [-0.39, 0.29) is 17.9 Å². The molecule has 1 saturated heterocycles. The molecule has 3 rings (SSSR count). The average Bonchev–Trinajstić information content (AvgIpc) is 3.05. The van der Waals surface area contributed by atoms with Gasteiger partial charge in [-0.1, -0.05) is 6.42 Å². The number of nitrogens with one attached hydrogen (secondary N) is 1. The van der Waals surface area contributed by atoms with E-state index in [0.29, 0.717) is 24.8 Å². The van der Waals surface area contributed by atoms with Gasteiger partial charge < -0.3 is 10.2 Å². The monoisotopic (exact) mass is 236 g/mol. The summed E-state index contributed by atoms with van der Waals surface area (Å²) in [5.74, 6) is 1.32. The zero-order chi connectivity index (χ0) is 11.8. The van der Waals surface area contributed by atoms with Gasteiger partial charge in [0.15, 0.2) is 0 Å². The third-order valence-electron chi connectivity index (χ3n) is 4.30. The molecule has 0 spiro atoms. The molecule has 3 fully saturated rings. The van der Waals surface area contributed by atoms with Crippen molar-refractivity contribution in [2.75, 3.05) is 13.1 Å². The Hall–Kier alpha value is -1.06. The summed E-state index contributed by atoms with van der Waals surface area (Å²) in [4.78, 5) is 25.9. The first-order valence-electron chi connectivity index (χ1n) is 6.82. The molecule has 2 aliphatic carbocycles.